The van der Waals surface area contributed by atoms with Crippen LogP contribution in [-0.2, 0) is 4.79 Å². The number of aromatic nitrogens is 1. The van der Waals surface area contributed by atoms with Crippen molar-refractivity contribution in [2.45, 2.75) is 39.3 Å². The number of nitrogens with two attached hydrogens (primary N) is 2. The largest absolute Gasteiger partial charge is 0.395 e. The molecule has 0 saturated heterocycles. The third kappa shape index (κ3) is 5.55. The Morgan fingerprint density at radius 3 is 2.15 bits per heavy atom. The van der Waals surface area contributed by atoms with Crippen LogP contribution in [0.25, 0.3) is 0 Å². The second-order valence-electron chi connectivity index (χ2n) is 8.84. The van der Waals surface area contributed by atoms with Crippen molar-refractivity contribution in [1.82, 2.24) is 9.69 Å². The first-order valence-electron chi connectivity index (χ1n) is 10.4. The number of anilines is 2. The van der Waals surface area contributed by atoms with Crippen molar-refractivity contribution in [3.05, 3.63) is 75.3 Å². The van der Waals surface area contributed by atoms with E-state index in [4.69, 9.17) is 23.1 Å². The fourth-order valence-corrected chi connectivity index (χ4v) is 4.20. The topological polar surface area (TPSA) is 131 Å². The number of carbonyl (C=O) groups is 3. The highest BCUT2D eigenvalue weighted by Gasteiger charge is 2.37. The van der Waals surface area contributed by atoms with E-state index < -0.39 is 29.3 Å². The zero-order chi connectivity index (χ0) is 25.2. The van der Waals surface area contributed by atoms with Crippen molar-refractivity contribution in [3.8, 4) is 0 Å². The van der Waals surface area contributed by atoms with Crippen LogP contribution < -0.4 is 21.7 Å². The number of carbonyl (C=O) groups excluding carboxylic acids is 3. The van der Waals surface area contributed by atoms with Crippen LogP contribution in [0.15, 0.2) is 48.5 Å². The van der Waals surface area contributed by atoms with Crippen molar-refractivity contribution in [2.75, 3.05) is 10.6 Å². The van der Waals surface area contributed by atoms with Gasteiger partial charge in [-0.25, -0.2) is 0 Å². The number of hydrogen-bond donors (Lipinski definition) is 3. The molecule has 0 aliphatic carbocycles. The minimum atomic E-state index is -1.05. The molecule has 8 nitrogen and oxygen atoms in total. The quantitative estimate of drug-likeness (QED) is 0.470. The molecule has 178 valence electrons. The Balaban J connectivity index is 2.22. The summed E-state index contributed by atoms with van der Waals surface area (Å²) in [4.78, 5) is 40.5. The summed E-state index contributed by atoms with van der Waals surface area (Å²) in [7, 11) is 0. The summed E-state index contributed by atoms with van der Waals surface area (Å²) in [5.41, 5.74) is 12.5. The van der Waals surface area contributed by atoms with Gasteiger partial charge in [-0.05, 0) is 69.1 Å². The SMILES string of the molecule is Cc1ccc([C@H](C(=O)NC(C)(C)C)N(C(=O)c2snc(C(N)=O)c2N)c2ccc(Cl)cc2)cc1. The number of aryl methyl sites for hydroxylation is 1. The van der Waals surface area contributed by atoms with Gasteiger partial charge in [0.05, 0.1) is 5.69 Å². The lowest BCUT2D eigenvalue weighted by molar-refractivity contribution is -0.123. The highest BCUT2D eigenvalue weighted by Crippen LogP contribution is 2.34. The highest BCUT2D eigenvalue weighted by molar-refractivity contribution is 7.09. The third-order valence-electron chi connectivity index (χ3n) is 4.88. The molecule has 5 N–H and O–H groups in total. The van der Waals surface area contributed by atoms with Crippen LogP contribution in [0.2, 0.25) is 5.02 Å². The molecule has 0 fully saturated rings. The smallest absolute Gasteiger partial charge is 0.273 e. The van der Waals surface area contributed by atoms with E-state index in [2.05, 4.69) is 9.69 Å². The van der Waals surface area contributed by atoms with Gasteiger partial charge < -0.3 is 16.8 Å². The van der Waals surface area contributed by atoms with Gasteiger partial charge in [-0.1, -0.05) is 41.4 Å². The van der Waals surface area contributed by atoms with Gasteiger partial charge in [0.25, 0.3) is 11.8 Å². The summed E-state index contributed by atoms with van der Waals surface area (Å²) < 4.78 is 3.95. The Bertz CT molecular complexity index is 1220. The van der Waals surface area contributed by atoms with Crippen LogP contribution in [-0.4, -0.2) is 27.6 Å². The first-order chi connectivity index (χ1) is 15.9. The van der Waals surface area contributed by atoms with Crippen molar-refractivity contribution in [2.24, 2.45) is 5.73 Å². The molecule has 3 amide bonds. The highest BCUT2D eigenvalue weighted by atomic mass is 35.5. The number of benzene rings is 2. The first kappa shape index (κ1) is 25.2. The van der Waals surface area contributed by atoms with Gasteiger partial charge in [0.1, 0.15) is 10.9 Å². The van der Waals surface area contributed by atoms with Gasteiger partial charge in [0.2, 0.25) is 5.91 Å². The number of rotatable bonds is 6. The second kappa shape index (κ2) is 9.82. The van der Waals surface area contributed by atoms with Crippen LogP contribution >= 0.6 is 23.1 Å². The Hall–Kier alpha value is -3.43. The van der Waals surface area contributed by atoms with Gasteiger partial charge in [-0.2, -0.15) is 4.37 Å². The number of hydrogen-bond acceptors (Lipinski definition) is 6. The lowest BCUT2D eigenvalue weighted by Gasteiger charge is -2.33. The van der Waals surface area contributed by atoms with Crippen molar-refractivity contribution < 1.29 is 14.4 Å². The average molecular weight is 500 g/mol. The normalized spacial score (nSPS) is 12.1. The second-order valence-corrected chi connectivity index (χ2v) is 10.1. The summed E-state index contributed by atoms with van der Waals surface area (Å²) in [5, 5.41) is 3.43. The summed E-state index contributed by atoms with van der Waals surface area (Å²) in [6.07, 6.45) is 0. The molecule has 3 rings (SSSR count). The zero-order valence-corrected chi connectivity index (χ0v) is 20.8. The van der Waals surface area contributed by atoms with Gasteiger partial charge in [0.15, 0.2) is 5.69 Å². The molecule has 0 spiro atoms. The molecule has 34 heavy (non-hydrogen) atoms. The monoisotopic (exact) mass is 499 g/mol. The van der Waals surface area contributed by atoms with E-state index in [1.54, 1.807) is 36.4 Å². The fraction of sp³-hybridized carbons (Fsp3) is 0.250. The van der Waals surface area contributed by atoms with E-state index in [1.807, 2.05) is 39.8 Å². The van der Waals surface area contributed by atoms with Crippen LogP contribution in [0, 0.1) is 6.92 Å². The molecule has 3 aromatic rings. The van der Waals surface area contributed by atoms with Crippen molar-refractivity contribution in [1.29, 1.82) is 0 Å². The Labute approximate surface area is 207 Å². The molecule has 1 aromatic heterocycles. The third-order valence-corrected chi connectivity index (χ3v) is 5.98. The predicted octanol–water partition coefficient (Wildman–Crippen LogP) is 4.09. The summed E-state index contributed by atoms with van der Waals surface area (Å²) in [6, 6.07) is 12.8. The molecule has 0 unspecified atom stereocenters. The number of primary amides is 1. The van der Waals surface area contributed by atoms with Crippen LogP contribution in [0.4, 0.5) is 11.4 Å². The zero-order valence-electron chi connectivity index (χ0n) is 19.3. The van der Waals surface area contributed by atoms with Gasteiger partial charge in [-0.3, -0.25) is 19.3 Å². The lowest BCUT2D eigenvalue weighted by Crippen LogP contribution is -2.49. The molecular weight excluding hydrogens is 474 g/mol. The number of nitrogen functional groups attached to an aromatic ring is 1. The summed E-state index contributed by atoms with van der Waals surface area (Å²) in [6.45, 7) is 7.49. The van der Waals surface area contributed by atoms with Crippen LogP contribution in [0.3, 0.4) is 0 Å². The van der Waals surface area contributed by atoms with E-state index in [-0.39, 0.29) is 16.3 Å². The maximum absolute atomic E-state index is 13.9. The average Bonchev–Trinajstić information content (AvgIpc) is 3.13. The Morgan fingerprint density at radius 2 is 1.65 bits per heavy atom. The van der Waals surface area contributed by atoms with E-state index >= 15 is 0 Å². The molecule has 1 atom stereocenters. The summed E-state index contributed by atoms with van der Waals surface area (Å²) >= 11 is 6.83. The van der Waals surface area contributed by atoms with E-state index in [0.717, 1.165) is 17.1 Å². The predicted molar refractivity (Wildman–Crippen MR) is 135 cm³/mol. The minimum Gasteiger partial charge on any atom is -0.395 e. The molecule has 0 radical (unpaired) electrons. The maximum Gasteiger partial charge on any atom is 0.273 e. The van der Waals surface area contributed by atoms with Crippen LogP contribution in [0.1, 0.15) is 58.1 Å². The molecule has 0 aliphatic heterocycles. The standard InChI is InChI=1S/C24H26ClN5O3S/c1-13-5-7-14(8-6-13)19(22(32)28-24(2,3)4)30(16-11-9-15(25)10-12-16)23(33)20-17(26)18(21(27)31)29-34-20/h5-12,19H,26H2,1-4H3,(H2,27,31)(H,28,32)/t19-/m1/s1. The molecule has 1 heterocycles. The molecule has 0 aliphatic rings. The number of halogens is 1. The van der Waals surface area contributed by atoms with E-state index in [0.29, 0.717) is 16.3 Å². The molecule has 2 aromatic carbocycles. The van der Waals surface area contributed by atoms with Crippen molar-refractivity contribution in [3.63, 3.8) is 0 Å². The Kier molecular flexibility index (Phi) is 7.28. The van der Waals surface area contributed by atoms with E-state index in [1.165, 1.54) is 4.90 Å². The number of amides is 3. The maximum atomic E-state index is 13.9. The molecule has 0 saturated carbocycles. The molecule has 0 bridgehead atoms. The van der Waals surface area contributed by atoms with Crippen LogP contribution in [0.5, 0.6) is 0 Å². The Morgan fingerprint density at radius 1 is 1.06 bits per heavy atom. The van der Waals surface area contributed by atoms with Crippen molar-refractivity contribution >= 4 is 52.2 Å². The van der Waals surface area contributed by atoms with E-state index in [9.17, 15) is 14.4 Å². The van der Waals surface area contributed by atoms with Gasteiger partial charge >= 0.3 is 0 Å². The number of nitrogens with zero attached hydrogens (tertiary/aromatic N) is 2. The molecule has 10 heteroatoms. The minimum absolute atomic E-state index is 0.00409. The summed E-state index contributed by atoms with van der Waals surface area (Å²) in [5.74, 6) is -1.83. The first-order valence-corrected chi connectivity index (χ1v) is 11.6. The molecular formula is C24H26ClN5O3S. The lowest BCUT2D eigenvalue weighted by atomic mass is 9.99. The fourth-order valence-electron chi connectivity index (χ4n) is 3.33. The number of nitrogens with one attached hydrogen (secondary N) is 1. The van der Waals surface area contributed by atoms with Gasteiger partial charge in [-0.15, -0.1) is 0 Å². The van der Waals surface area contributed by atoms with Gasteiger partial charge in [0, 0.05) is 16.2 Å².